The highest BCUT2D eigenvalue weighted by atomic mass is 16.4. The van der Waals surface area contributed by atoms with Crippen molar-refractivity contribution in [3.05, 3.63) is 24.0 Å². The lowest BCUT2D eigenvalue weighted by Gasteiger charge is -2.12. The quantitative estimate of drug-likeness (QED) is 0.803. The number of imidazole rings is 1. The van der Waals surface area contributed by atoms with Crippen molar-refractivity contribution in [3.63, 3.8) is 0 Å². The summed E-state index contributed by atoms with van der Waals surface area (Å²) in [5, 5.41) is 18.9. The molecule has 1 aromatic heterocycles. The number of nitrogens with one attached hydrogen (secondary N) is 1. The fourth-order valence-electron chi connectivity index (χ4n) is 3.24. The van der Waals surface area contributed by atoms with Crippen LogP contribution >= 0.6 is 0 Å². The van der Waals surface area contributed by atoms with Crippen molar-refractivity contribution in [2.75, 3.05) is 0 Å². The molecule has 3 rings (SSSR count). The van der Waals surface area contributed by atoms with Crippen LogP contribution in [0, 0.1) is 11.8 Å². The Morgan fingerprint density at radius 3 is 2.95 bits per heavy atom. The summed E-state index contributed by atoms with van der Waals surface area (Å²) in [6.07, 6.45) is 2.58. The number of hydrogen-bond donors (Lipinski definition) is 3. The number of aliphatic carboxylic acids is 1. The maximum atomic E-state index is 11.4. The number of carbonyl (C=O) groups is 1. The van der Waals surface area contributed by atoms with E-state index in [0.29, 0.717) is 5.92 Å². The van der Waals surface area contributed by atoms with Crippen molar-refractivity contribution in [1.82, 2.24) is 9.97 Å². The van der Waals surface area contributed by atoms with Crippen LogP contribution in [0.1, 0.15) is 37.9 Å². The average molecular weight is 274 g/mol. The van der Waals surface area contributed by atoms with E-state index in [0.717, 1.165) is 36.1 Å². The maximum Gasteiger partial charge on any atom is 0.307 e. The van der Waals surface area contributed by atoms with Gasteiger partial charge in [-0.1, -0.05) is 13.3 Å². The van der Waals surface area contributed by atoms with Gasteiger partial charge in [0, 0.05) is 12.0 Å². The number of phenolic OH excluding ortho intramolecular Hbond substituents is 1. The van der Waals surface area contributed by atoms with Gasteiger partial charge in [0.25, 0.3) is 0 Å². The van der Waals surface area contributed by atoms with E-state index in [-0.39, 0.29) is 17.6 Å². The summed E-state index contributed by atoms with van der Waals surface area (Å²) in [6.45, 7) is 2.10. The third-order valence-electron chi connectivity index (χ3n) is 4.39. The van der Waals surface area contributed by atoms with Crippen LogP contribution in [0.15, 0.2) is 18.2 Å². The second-order valence-electron chi connectivity index (χ2n) is 5.62. The van der Waals surface area contributed by atoms with Gasteiger partial charge in [-0.05, 0) is 30.9 Å². The Bertz CT molecular complexity index is 650. The molecule has 0 aliphatic heterocycles. The van der Waals surface area contributed by atoms with Crippen LogP contribution in [0.4, 0.5) is 0 Å². The Balaban J connectivity index is 1.98. The van der Waals surface area contributed by atoms with Gasteiger partial charge in [-0.2, -0.15) is 0 Å². The second kappa shape index (κ2) is 4.81. The van der Waals surface area contributed by atoms with Crippen molar-refractivity contribution in [2.45, 2.75) is 32.1 Å². The highest BCUT2D eigenvalue weighted by molar-refractivity contribution is 5.77. The Morgan fingerprint density at radius 2 is 2.25 bits per heavy atom. The van der Waals surface area contributed by atoms with Crippen molar-refractivity contribution in [1.29, 1.82) is 0 Å². The zero-order valence-corrected chi connectivity index (χ0v) is 11.3. The molecular weight excluding hydrogens is 256 g/mol. The molecule has 5 nitrogen and oxygen atoms in total. The molecule has 106 valence electrons. The van der Waals surface area contributed by atoms with Gasteiger partial charge in [0.2, 0.25) is 0 Å². The molecule has 20 heavy (non-hydrogen) atoms. The molecule has 5 heteroatoms. The van der Waals surface area contributed by atoms with Crippen molar-refractivity contribution in [2.24, 2.45) is 11.8 Å². The fourth-order valence-corrected chi connectivity index (χ4v) is 3.24. The van der Waals surface area contributed by atoms with Gasteiger partial charge in [-0.15, -0.1) is 0 Å². The number of H-pyrrole nitrogens is 1. The monoisotopic (exact) mass is 274 g/mol. The minimum atomic E-state index is -0.741. The molecular formula is C15H18N2O3. The molecule has 0 saturated heterocycles. The third kappa shape index (κ3) is 2.13. The molecule has 1 aromatic carbocycles. The number of aromatic amines is 1. The van der Waals surface area contributed by atoms with E-state index < -0.39 is 5.97 Å². The zero-order chi connectivity index (χ0) is 14.3. The molecule has 1 fully saturated rings. The van der Waals surface area contributed by atoms with Crippen LogP contribution in [0.5, 0.6) is 5.75 Å². The van der Waals surface area contributed by atoms with Crippen molar-refractivity contribution < 1.29 is 15.0 Å². The first-order chi connectivity index (χ1) is 9.58. The van der Waals surface area contributed by atoms with Crippen LogP contribution in [0.2, 0.25) is 0 Å². The van der Waals surface area contributed by atoms with E-state index in [1.807, 2.05) is 0 Å². The Hall–Kier alpha value is -2.04. The number of hydrogen-bond acceptors (Lipinski definition) is 3. The molecule has 1 saturated carbocycles. The van der Waals surface area contributed by atoms with Gasteiger partial charge in [0.15, 0.2) is 0 Å². The lowest BCUT2D eigenvalue weighted by atomic mass is 9.96. The molecule has 0 radical (unpaired) electrons. The van der Waals surface area contributed by atoms with Gasteiger partial charge < -0.3 is 15.2 Å². The highest BCUT2D eigenvalue weighted by Crippen LogP contribution is 2.44. The number of carboxylic acid groups (broad SMARTS) is 1. The number of rotatable bonds is 3. The first-order valence-corrected chi connectivity index (χ1v) is 7.00. The van der Waals surface area contributed by atoms with Crippen LogP contribution in [0.3, 0.4) is 0 Å². The van der Waals surface area contributed by atoms with E-state index >= 15 is 0 Å². The van der Waals surface area contributed by atoms with E-state index in [1.54, 1.807) is 18.2 Å². The average Bonchev–Trinajstić information content (AvgIpc) is 3.00. The zero-order valence-electron chi connectivity index (χ0n) is 11.3. The van der Waals surface area contributed by atoms with Crippen LogP contribution in [-0.2, 0) is 4.79 Å². The van der Waals surface area contributed by atoms with E-state index in [9.17, 15) is 15.0 Å². The van der Waals surface area contributed by atoms with E-state index in [1.165, 1.54) is 0 Å². The molecule has 2 aromatic rings. The molecule has 0 amide bonds. The number of fused-ring (bicyclic) bond motifs is 1. The summed E-state index contributed by atoms with van der Waals surface area (Å²) in [4.78, 5) is 19.1. The Kier molecular flexibility index (Phi) is 3.12. The summed E-state index contributed by atoms with van der Waals surface area (Å²) in [6, 6.07) is 4.95. The molecule has 0 spiro atoms. The van der Waals surface area contributed by atoms with E-state index in [2.05, 4.69) is 16.9 Å². The lowest BCUT2D eigenvalue weighted by Crippen LogP contribution is -2.17. The van der Waals surface area contributed by atoms with Crippen molar-refractivity contribution >= 4 is 17.0 Å². The SMILES string of the molecule is CCC1CC(C(=O)O)C(c2nc3ccc(O)cc3[nH]2)C1. The molecule has 3 N–H and O–H groups in total. The van der Waals surface area contributed by atoms with Crippen molar-refractivity contribution in [3.8, 4) is 5.75 Å². The summed E-state index contributed by atoms with van der Waals surface area (Å²) >= 11 is 0. The summed E-state index contributed by atoms with van der Waals surface area (Å²) in [5.41, 5.74) is 1.52. The fraction of sp³-hybridized carbons (Fsp3) is 0.467. The summed E-state index contributed by atoms with van der Waals surface area (Å²) in [7, 11) is 0. The standard InChI is InChI=1S/C15H18N2O3/c1-2-8-5-10(11(6-8)15(19)20)14-16-12-4-3-9(18)7-13(12)17-14/h3-4,7-8,10-11,18H,2,5-6H2,1H3,(H,16,17)(H,19,20). The van der Waals surface area contributed by atoms with Crippen LogP contribution in [-0.4, -0.2) is 26.2 Å². The Labute approximate surface area is 116 Å². The largest absolute Gasteiger partial charge is 0.508 e. The number of aromatic hydroxyl groups is 1. The van der Waals surface area contributed by atoms with Gasteiger partial charge in [-0.25, -0.2) is 4.98 Å². The maximum absolute atomic E-state index is 11.4. The topological polar surface area (TPSA) is 86.2 Å². The number of nitrogens with zero attached hydrogens (tertiary/aromatic N) is 1. The summed E-state index contributed by atoms with van der Waals surface area (Å²) < 4.78 is 0. The third-order valence-corrected chi connectivity index (χ3v) is 4.39. The molecule has 3 atom stereocenters. The number of benzene rings is 1. The normalized spacial score (nSPS) is 26.1. The highest BCUT2D eigenvalue weighted by Gasteiger charge is 2.40. The predicted molar refractivity (Wildman–Crippen MR) is 74.6 cm³/mol. The Morgan fingerprint density at radius 1 is 1.45 bits per heavy atom. The van der Waals surface area contributed by atoms with Gasteiger partial charge in [0.05, 0.1) is 17.0 Å². The van der Waals surface area contributed by atoms with Crippen LogP contribution in [0.25, 0.3) is 11.0 Å². The molecule has 1 heterocycles. The number of carboxylic acids is 1. The molecule has 0 bridgehead atoms. The predicted octanol–water partition coefficient (Wildman–Crippen LogP) is 2.87. The van der Waals surface area contributed by atoms with Gasteiger partial charge in [-0.3, -0.25) is 4.79 Å². The minimum Gasteiger partial charge on any atom is -0.508 e. The number of phenols is 1. The first kappa shape index (κ1) is 13.0. The molecule has 1 aliphatic carbocycles. The lowest BCUT2D eigenvalue weighted by molar-refractivity contribution is -0.142. The van der Waals surface area contributed by atoms with Gasteiger partial charge in [0.1, 0.15) is 11.6 Å². The smallest absolute Gasteiger partial charge is 0.307 e. The van der Waals surface area contributed by atoms with Gasteiger partial charge >= 0.3 is 5.97 Å². The minimum absolute atomic E-state index is 0.0630. The molecule has 1 aliphatic rings. The first-order valence-electron chi connectivity index (χ1n) is 7.00. The van der Waals surface area contributed by atoms with E-state index in [4.69, 9.17) is 0 Å². The number of aromatic nitrogens is 2. The summed E-state index contributed by atoms with van der Waals surface area (Å²) in [5.74, 6) is 0.187. The molecule has 3 unspecified atom stereocenters. The second-order valence-corrected chi connectivity index (χ2v) is 5.62. The van der Waals surface area contributed by atoms with Crippen LogP contribution < -0.4 is 0 Å².